The summed E-state index contributed by atoms with van der Waals surface area (Å²) in [4.78, 5) is 13.2. The number of likely N-dealkylation sites (N-methyl/N-ethyl adjacent to an activating group) is 1. The van der Waals surface area contributed by atoms with Crippen LogP contribution < -0.4 is 10.2 Å². The first-order valence-corrected chi connectivity index (χ1v) is 8.20. The molecule has 0 saturated carbocycles. The normalized spacial score (nSPS) is 12.7. The van der Waals surface area contributed by atoms with E-state index in [2.05, 4.69) is 26.1 Å². The largest absolute Gasteiger partial charge is 0.326 e. The Hall–Kier alpha value is -2.20. The zero-order valence-electron chi connectivity index (χ0n) is 14.8. The fourth-order valence-corrected chi connectivity index (χ4v) is 2.55. The SMILES string of the molecule is C[NH+](CC(=O)Nc1ccc(C(C)(C)C)cc1)Cc1ccc(F)cc1. The van der Waals surface area contributed by atoms with E-state index in [1.54, 1.807) is 12.1 Å². The quantitative estimate of drug-likeness (QED) is 0.869. The summed E-state index contributed by atoms with van der Waals surface area (Å²) in [6, 6.07) is 14.4. The molecule has 2 rings (SSSR count). The number of quaternary nitrogens is 1. The zero-order chi connectivity index (χ0) is 17.7. The Kier molecular flexibility index (Phi) is 5.73. The number of anilines is 1. The molecular weight excluding hydrogens is 303 g/mol. The fraction of sp³-hybridized carbons (Fsp3) is 0.350. The highest BCUT2D eigenvalue weighted by atomic mass is 19.1. The lowest BCUT2D eigenvalue weighted by molar-refractivity contribution is -0.885. The second-order valence-corrected chi connectivity index (χ2v) is 7.31. The maximum atomic E-state index is 12.9. The Morgan fingerprint density at radius 3 is 2.17 bits per heavy atom. The Bertz CT molecular complexity index is 672. The van der Waals surface area contributed by atoms with Gasteiger partial charge in [0.15, 0.2) is 6.54 Å². The average Bonchev–Trinajstić information content (AvgIpc) is 2.49. The number of hydrogen-bond donors (Lipinski definition) is 2. The highest BCUT2D eigenvalue weighted by molar-refractivity contribution is 5.91. The molecule has 0 spiro atoms. The number of hydrogen-bond acceptors (Lipinski definition) is 1. The molecule has 4 heteroatoms. The van der Waals surface area contributed by atoms with Gasteiger partial charge in [0.25, 0.3) is 5.91 Å². The molecule has 0 bridgehead atoms. The van der Waals surface area contributed by atoms with Crippen molar-refractivity contribution in [3.05, 3.63) is 65.5 Å². The summed E-state index contributed by atoms with van der Waals surface area (Å²) in [5, 5.41) is 2.93. The predicted molar refractivity (Wildman–Crippen MR) is 95.6 cm³/mol. The summed E-state index contributed by atoms with van der Waals surface area (Å²) >= 11 is 0. The van der Waals surface area contributed by atoms with Crippen molar-refractivity contribution in [2.24, 2.45) is 0 Å². The van der Waals surface area contributed by atoms with Gasteiger partial charge in [-0.2, -0.15) is 0 Å². The van der Waals surface area contributed by atoms with Crippen molar-refractivity contribution in [2.75, 3.05) is 18.9 Å². The van der Waals surface area contributed by atoms with Gasteiger partial charge in [-0.25, -0.2) is 4.39 Å². The summed E-state index contributed by atoms with van der Waals surface area (Å²) in [6.45, 7) is 7.52. The van der Waals surface area contributed by atoms with Gasteiger partial charge in [0.05, 0.1) is 7.05 Å². The lowest BCUT2D eigenvalue weighted by Crippen LogP contribution is -3.08. The van der Waals surface area contributed by atoms with E-state index < -0.39 is 0 Å². The van der Waals surface area contributed by atoms with Crippen LogP contribution in [0.4, 0.5) is 10.1 Å². The van der Waals surface area contributed by atoms with Crippen LogP contribution in [0.5, 0.6) is 0 Å². The van der Waals surface area contributed by atoms with Gasteiger partial charge in [0.2, 0.25) is 0 Å². The third-order valence-corrected chi connectivity index (χ3v) is 3.92. The van der Waals surface area contributed by atoms with Gasteiger partial charge in [0, 0.05) is 11.3 Å². The molecule has 2 N–H and O–H groups in total. The highest BCUT2D eigenvalue weighted by Crippen LogP contribution is 2.23. The van der Waals surface area contributed by atoms with Gasteiger partial charge in [-0.05, 0) is 35.2 Å². The van der Waals surface area contributed by atoms with Gasteiger partial charge >= 0.3 is 0 Å². The lowest BCUT2D eigenvalue weighted by Gasteiger charge is -2.19. The Morgan fingerprint density at radius 2 is 1.62 bits per heavy atom. The average molecular weight is 329 g/mol. The molecule has 0 aliphatic carbocycles. The summed E-state index contributed by atoms with van der Waals surface area (Å²) in [6.07, 6.45) is 0. The molecular formula is C20H26FN2O+. The van der Waals surface area contributed by atoms with E-state index in [1.165, 1.54) is 17.7 Å². The molecule has 0 aliphatic rings. The standard InChI is InChI=1S/C20H25FN2O/c1-20(2,3)16-7-11-18(12-8-16)22-19(24)14-23(4)13-15-5-9-17(21)10-6-15/h5-12H,13-14H2,1-4H3,(H,22,24)/p+1. The van der Waals surface area contributed by atoms with E-state index in [0.717, 1.165) is 16.2 Å². The Balaban J connectivity index is 1.87. The molecule has 2 aromatic rings. The number of carbonyl (C=O) groups excluding carboxylic acids is 1. The first-order valence-electron chi connectivity index (χ1n) is 8.20. The molecule has 1 amide bonds. The van der Waals surface area contributed by atoms with E-state index in [0.29, 0.717) is 13.1 Å². The molecule has 24 heavy (non-hydrogen) atoms. The van der Waals surface area contributed by atoms with Crippen molar-refractivity contribution in [3.8, 4) is 0 Å². The van der Waals surface area contributed by atoms with Crippen molar-refractivity contribution in [3.63, 3.8) is 0 Å². The van der Waals surface area contributed by atoms with Crippen molar-refractivity contribution >= 4 is 11.6 Å². The Labute approximate surface area is 143 Å². The van der Waals surface area contributed by atoms with Gasteiger partial charge in [-0.3, -0.25) is 4.79 Å². The van der Waals surface area contributed by atoms with Crippen molar-refractivity contribution < 1.29 is 14.1 Å². The van der Waals surface area contributed by atoms with Gasteiger partial charge in [0.1, 0.15) is 12.4 Å². The molecule has 3 nitrogen and oxygen atoms in total. The van der Waals surface area contributed by atoms with Crippen LogP contribution in [0.15, 0.2) is 48.5 Å². The van der Waals surface area contributed by atoms with E-state index in [9.17, 15) is 9.18 Å². The molecule has 0 heterocycles. The van der Waals surface area contributed by atoms with Crippen LogP contribution >= 0.6 is 0 Å². The number of benzene rings is 2. The first kappa shape index (κ1) is 18.1. The summed E-state index contributed by atoms with van der Waals surface area (Å²) in [7, 11) is 1.95. The van der Waals surface area contributed by atoms with E-state index in [4.69, 9.17) is 0 Å². The lowest BCUT2D eigenvalue weighted by atomic mass is 9.87. The third kappa shape index (κ3) is 5.46. The van der Waals surface area contributed by atoms with Crippen LogP contribution in [0.25, 0.3) is 0 Å². The fourth-order valence-electron chi connectivity index (χ4n) is 2.55. The number of nitrogens with one attached hydrogen (secondary N) is 2. The minimum atomic E-state index is -0.243. The molecule has 0 fully saturated rings. The summed E-state index contributed by atoms with van der Waals surface area (Å²) in [5.41, 5.74) is 3.15. The van der Waals surface area contributed by atoms with E-state index in [1.807, 2.05) is 31.3 Å². The molecule has 128 valence electrons. The number of carbonyl (C=O) groups is 1. The number of halogens is 1. The topological polar surface area (TPSA) is 33.5 Å². The van der Waals surface area contributed by atoms with Crippen LogP contribution in [0.2, 0.25) is 0 Å². The van der Waals surface area contributed by atoms with Crippen LogP contribution in [-0.2, 0) is 16.8 Å². The molecule has 0 radical (unpaired) electrons. The monoisotopic (exact) mass is 329 g/mol. The molecule has 1 unspecified atom stereocenters. The summed E-state index contributed by atoms with van der Waals surface area (Å²) in [5.74, 6) is -0.272. The van der Waals surface area contributed by atoms with Crippen LogP contribution in [0.3, 0.4) is 0 Å². The maximum Gasteiger partial charge on any atom is 0.279 e. The summed E-state index contributed by atoms with van der Waals surface area (Å²) < 4.78 is 12.9. The molecule has 1 atom stereocenters. The van der Waals surface area contributed by atoms with Crippen LogP contribution in [-0.4, -0.2) is 19.5 Å². The second-order valence-electron chi connectivity index (χ2n) is 7.31. The first-order chi connectivity index (χ1) is 11.2. The smallest absolute Gasteiger partial charge is 0.279 e. The zero-order valence-corrected chi connectivity index (χ0v) is 14.8. The molecule has 2 aromatic carbocycles. The predicted octanol–water partition coefficient (Wildman–Crippen LogP) is 2.78. The highest BCUT2D eigenvalue weighted by Gasteiger charge is 2.14. The Morgan fingerprint density at radius 1 is 1.04 bits per heavy atom. The van der Waals surface area contributed by atoms with E-state index >= 15 is 0 Å². The van der Waals surface area contributed by atoms with Crippen molar-refractivity contribution in [1.29, 1.82) is 0 Å². The number of amides is 1. The van der Waals surface area contributed by atoms with E-state index in [-0.39, 0.29) is 17.1 Å². The molecule has 0 aromatic heterocycles. The van der Waals surface area contributed by atoms with Crippen LogP contribution in [0, 0.1) is 5.82 Å². The van der Waals surface area contributed by atoms with Gasteiger partial charge in [-0.1, -0.05) is 45.0 Å². The minimum absolute atomic E-state index is 0.0295. The molecule has 0 saturated heterocycles. The maximum absolute atomic E-state index is 12.9. The van der Waals surface area contributed by atoms with Crippen LogP contribution in [0.1, 0.15) is 31.9 Å². The van der Waals surface area contributed by atoms with Gasteiger partial charge in [-0.15, -0.1) is 0 Å². The second kappa shape index (κ2) is 7.58. The van der Waals surface area contributed by atoms with Gasteiger partial charge < -0.3 is 10.2 Å². The molecule has 0 aliphatic heterocycles. The third-order valence-electron chi connectivity index (χ3n) is 3.92. The minimum Gasteiger partial charge on any atom is -0.326 e. The van der Waals surface area contributed by atoms with Crippen molar-refractivity contribution in [2.45, 2.75) is 32.7 Å². The van der Waals surface area contributed by atoms with Crippen molar-refractivity contribution in [1.82, 2.24) is 0 Å². The number of rotatable bonds is 5.